The van der Waals surface area contributed by atoms with Gasteiger partial charge in [0, 0.05) is 5.56 Å². The molecule has 0 aliphatic rings. The normalized spacial score (nSPS) is 11.2. The zero-order valence-electron chi connectivity index (χ0n) is 11.6. The average molecular weight is 345 g/mol. The number of aromatic hydroxyl groups is 1. The van der Waals surface area contributed by atoms with Crippen LogP contribution in [0.1, 0.15) is 0 Å². The first-order chi connectivity index (χ1) is 11.1. The fourth-order valence-corrected chi connectivity index (χ4v) is 2.74. The largest absolute Gasteiger partial charge is 0.504 e. The van der Waals surface area contributed by atoms with E-state index < -0.39 is 0 Å². The molecule has 0 aliphatic heterocycles. The Morgan fingerprint density at radius 2 is 1.74 bits per heavy atom. The molecule has 0 saturated heterocycles. The van der Waals surface area contributed by atoms with Gasteiger partial charge in [0.1, 0.15) is 11.4 Å². The van der Waals surface area contributed by atoms with Crippen LogP contribution in [0.4, 0.5) is 0 Å². The van der Waals surface area contributed by atoms with Crippen molar-refractivity contribution in [2.45, 2.75) is 0 Å². The molecule has 3 N–H and O–H groups in total. The van der Waals surface area contributed by atoms with Crippen LogP contribution in [0.25, 0.3) is 33.8 Å². The third-order valence-electron chi connectivity index (χ3n) is 3.55. The van der Waals surface area contributed by atoms with Crippen LogP contribution < -0.4 is 0 Å². The number of fused-ring (bicyclic) bond motifs is 1. The van der Waals surface area contributed by atoms with Crippen LogP contribution in [0.3, 0.4) is 0 Å². The van der Waals surface area contributed by atoms with E-state index >= 15 is 0 Å². The van der Waals surface area contributed by atoms with Gasteiger partial charge in [0.05, 0.1) is 21.1 Å². The molecule has 2 aromatic heterocycles. The Labute approximate surface area is 140 Å². The first-order valence-electron chi connectivity index (χ1n) is 6.81. The fraction of sp³-hybridized carbons (Fsp3) is 0. The second kappa shape index (κ2) is 5.30. The first kappa shape index (κ1) is 14.1. The molecule has 0 atom stereocenters. The number of hydrogen-bond donors (Lipinski definition) is 3. The van der Waals surface area contributed by atoms with Crippen LogP contribution in [0.2, 0.25) is 10.0 Å². The highest BCUT2D eigenvalue weighted by Gasteiger charge is 2.18. The van der Waals surface area contributed by atoms with Gasteiger partial charge < -0.3 is 10.1 Å². The van der Waals surface area contributed by atoms with Crippen molar-refractivity contribution >= 4 is 34.2 Å². The molecule has 0 radical (unpaired) electrons. The predicted octanol–water partition coefficient (Wildman–Crippen LogP) is 4.63. The summed E-state index contributed by atoms with van der Waals surface area (Å²) in [7, 11) is 0. The lowest BCUT2D eigenvalue weighted by Crippen LogP contribution is -1.80. The molecule has 0 unspecified atom stereocenters. The fourth-order valence-electron chi connectivity index (χ4n) is 2.42. The maximum absolute atomic E-state index is 10.5. The molecule has 114 valence electrons. The highest BCUT2D eigenvalue weighted by Crippen LogP contribution is 2.36. The number of benzene rings is 2. The molecule has 0 aliphatic carbocycles. The first-order valence-corrected chi connectivity index (χ1v) is 7.57. The van der Waals surface area contributed by atoms with Gasteiger partial charge in [-0.25, -0.2) is 4.98 Å². The van der Waals surface area contributed by atoms with E-state index in [-0.39, 0.29) is 5.75 Å². The van der Waals surface area contributed by atoms with Gasteiger partial charge in [-0.2, -0.15) is 5.10 Å². The van der Waals surface area contributed by atoms with E-state index in [9.17, 15) is 5.11 Å². The van der Waals surface area contributed by atoms with Crippen LogP contribution in [-0.2, 0) is 0 Å². The molecule has 2 heterocycles. The molecule has 4 rings (SSSR count). The summed E-state index contributed by atoms with van der Waals surface area (Å²) in [6, 6.07) is 12.8. The van der Waals surface area contributed by atoms with E-state index in [1.807, 2.05) is 30.3 Å². The Kier molecular flexibility index (Phi) is 3.25. The van der Waals surface area contributed by atoms with Crippen molar-refractivity contribution in [3.8, 4) is 28.5 Å². The van der Waals surface area contributed by atoms with Crippen molar-refractivity contribution in [1.82, 2.24) is 20.2 Å². The highest BCUT2D eigenvalue weighted by atomic mass is 35.5. The van der Waals surface area contributed by atoms with E-state index in [1.165, 1.54) is 0 Å². The monoisotopic (exact) mass is 344 g/mol. The van der Waals surface area contributed by atoms with Crippen molar-refractivity contribution < 1.29 is 5.11 Å². The Morgan fingerprint density at radius 1 is 1.00 bits per heavy atom. The minimum Gasteiger partial charge on any atom is -0.504 e. The standard InChI is InChI=1S/C16H10Cl2N4O/c17-9-6-11-12(7-10(9)18)20-16(19-11)14-15(23)13(21-22-14)8-4-2-1-3-5-8/h1-7,23H,(H,19,20)(H,21,22). The molecular weight excluding hydrogens is 335 g/mol. The maximum Gasteiger partial charge on any atom is 0.172 e. The Hall–Kier alpha value is -2.50. The minimum atomic E-state index is 0.0347. The zero-order chi connectivity index (χ0) is 16.0. The highest BCUT2D eigenvalue weighted by molar-refractivity contribution is 6.42. The average Bonchev–Trinajstić information content (AvgIpc) is 3.12. The maximum atomic E-state index is 10.5. The molecule has 0 fully saturated rings. The summed E-state index contributed by atoms with van der Waals surface area (Å²) in [4.78, 5) is 7.52. The Morgan fingerprint density at radius 3 is 2.52 bits per heavy atom. The van der Waals surface area contributed by atoms with Crippen molar-refractivity contribution in [1.29, 1.82) is 0 Å². The summed E-state index contributed by atoms with van der Waals surface area (Å²) >= 11 is 12.0. The van der Waals surface area contributed by atoms with Gasteiger partial charge >= 0.3 is 0 Å². The number of aromatic nitrogens is 4. The molecule has 0 amide bonds. The molecule has 5 nitrogen and oxygen atoms in total. The number of nitrogens with zero attached hydrogens (tertiary/aromatic N) is 2. The van der Waals surface area contributed by atoms with E-state index in [0.29, 0.717) is 32.8 Å². The number of H-pyrrole nitrogens is 2. The molecular formula is C16H10Cl2N4O. The van der Waals surface area contributed by atoms with Gasteiger partial charge in [0.25, 0.3) is 0 Å². The lowest BCUT2D eigenvalue weighted by molar-refractivity contribution is 0.479. The van der Waals surface area contributed by atoms with Gasteiger partial charge in [-0.1, -0.05) is 53.5 Å². The van der Waals surface area contributed by atoms with Gasteiger partial charge in [-0.3, -0.25) is 5.10 Å². The van der Waals surface area contributed by atoms with Crippen molar-refractivity contribution in [2.75, 3.05) is 0 Å². The van der Waals surface area contributed by atoms with Gasteiger partial charge in [0.2, 0.25) is 0 Å². The summed E-state index contributed by atoms with van der Waals surface area (Å²) in [6.07, 6.45) is 0. The molecule has 0 spiro atoms. The Bertz CT molecular complexity index is 969. The predicted molar refractivity (Wildman–Crippen MR) is 90.8 cm³/mol. The van der Waals surface area contributed by atoms with Gasteiger partial charge in [-0.05, 0) is 12.1 Å². The summed E-state index contributed by atoms with van der Waals surface area (Å²) in [5, 5.41) is 18.3. The van der Waals surface area contributed by atoms with Crippen molar-refractivity contribution in [3.63, 3.8) is 0 Å². The van der Waals surface area contributed by atoms with Crippen LogP contribution in [-0.4, -0.2) is 25.3 Å². The summed E-state index contributed by atoms with van der Waals surface area (Å²) in [5.41, 5.74) is 3.08. The molecule has 4 aromatic rings. The molecule has 0 saturated carbocycles. The van der Waals surface area contributed by atoms with Gasteiger partial charge in [-0.15, -0.1) is 0 Å². The molecule has 0 bridgehead atoms. The Balaban J connectivity index is 1.84. The summed E-state index contributed by atoms with van der Waals surface area (Å²) in [5.74, 6) is 0.498. The third-order valence-corrected chi connectivity index (χ3v) is 4.27. The molecule has 23 heavy (non-hydrogen) atoms. The van der Waals surface area contributed by atoms with Crippen molar-refractivity contribution in [3.05, 3.63) is 52.5 Å². The van der Waals surface area contributed by atoms with Crippen LogP contribution in [0, 0.1) is 0 Å². The number of nitrogens with one attached hydrogen (secondary N) is 2. The number of aromatic amines is 2. The lowest BCUT2D eigenvalue weighted by atomic mass is 10.1. The number of hydrogen-bond acceptors (Lipinski definition) is 3. The quantitative estimate of drug-likeness (QED) is 0.496. The topological polar surface area (TPSA) is 77.6 Å². The number of halogens is 2. The van der Waals surface area contributed by atoms with E-state index in [4.69, 9.17) is 23.2 Å². The van der Waals surface area contributed by atoms with Gasteiger partial charge in [0.15, 0.2) is 11.6 Å². The minimum absolute atomic E-state index is 0.0347. The molecule has 2 aromatic carbocycles. The summed E-state index contributed by atoms with van der Waals surface area (Å²) < 4.78 is 0. The number of imidazole rings is 1. The molecule has 7 heteroatoms. The summed E-state index contributed by atoms with van der Waals surface area (Å²) in [6.45, 7) is 0. The lowest BCUT2D eigenvalue weighted by Gasteiger charge is -1.97. The zero-order valence-corrected chi connectivity index (χ0v) is 13.2. The smallest absolute Gasteiger partial charge is 0.172 e. The van der Waals surface area contributed by atoms with Crippen molar-refractivity contribution in [2.24, 2.45) is 0 Å². The van der Waals surface area contributed by atoms with Crippen LogP contribution in [0.5, 0.6) is 5.75 Å². The van der Waals surface area contributed by atoms with Crippen LogP contribution in [0.15, 0.2) is 42.5 Å². The van der Waals surface area contributed by atoms with E-state index in [0.717, 1.165) is 11.1 Å². The third kappa shape index (κ3) is 2.34. The second-order valence-corrected chi connectivity index (χ2v) is 5.85. The SMILES string of the molecule is Oc1c(-c2ccccc2)n[nH]c1-c1nc2cc(Cl)c(Cl)cc2[nH]1. The number of rotatable bonds is 2. The van der Waals surface area contributed by atoms with E-state index in [2.05, 4.69) is 20.2 Å². The second-order valence-electron chi connectivity index (χ2n) is 5.03. The van der Waals surface area contributed by atoms with E-state index in [1.54, 1.807) is 12.1 Å². The van der Waals surface area contributed by atoms with Crippen LogP contribution >= 0.6 is 23.2 Å².